The first-order chi connectivity index (χ1) is 14.7. The maximum atomic E-state index is 12.9. The van der Waals surface area contributed by atoms with Crippen molar-refractivity contribution >= 4 is 29.3 Å². The smallest absolute Gasteiger partial charge is 0.329 e. The molecule has 0 atom stereocenters. The molecule has 0 aromatic heterocycles. The van der Waals surface area contributed by atoms with E-state index in [1.165, 1.54) is 16.2 Å². The van der Waals surface area contributed by atoms with E-state index in [4.69, 9.17) is 0 Å². The molecule has 1 saturated heterocycles. The monoisotopic (exact) mass is 415 g/mol. The molecule has 0 spiro atoms. The van der Waals surface area contributed by atoms with Crippen LogP contribution in [-0.2, 0) is 11.3 Å². The summed E-state index contributed by atoms with van der Waals surface area (Å²) in [6.45, 7) is 12.0. The molecule has 2 aromatic carbocycles. The van der Waals surface area contributed by atoms with Crippen LogP contribution in [0.1, 0.15) is 49.9 Å². The SMILES string of the molecule is CCN1c2cc(C)c(/C=C3/NC(=O)N(Cc4ccccc4)C3=O)cc2C(C)=CC1(C)C. The van der Waals surface area contributed by atoms with Crippen LogP contribution >= 0.6 is 0 Å². The first kappa shape index (κ1) is 20.9. The Morgan fingerprint density at radius 1 is 1.06 bits per heavy atom. The molecular formula is C26H29N3O2. The van der Waals surface area contributed by atoms with Gasteiger partial charge in [0.05, 0.1) is 12.1 Å². The maximum absolute atomic E-state index is 12.9. The van der Waals surface area contributed by atoms with Crippen molar-refractivity contribution in [1.29, 1.82) is 0 Å². The van der Waals surface area contributed by atoms with Gasteiger partial charge in [0, 0.05) is 17.8 Å². The van der Waals surface area contributed by atoms with E-state index < -0.39 is 0 Å². The summed E-state index contributed by atoms with van der Waals surface area (Å²) in [5.74, 6) is -0.297. The zero-order valence-electron chi connectivity index (χ0n) is 18.8. The number of likely N-dealkylation sites (N-methyl/N-ethyl adjacent to an activating group) is 1. The number of amides is 3. The fourth-order valence-corrected chi connectivity index (χ4v) is 4.61. The molecule has 1 fully saturated rings. The van der Waals surface area contributed by atoms with Crippen molar-refractivity contribution in [3.8, 4) is 0 Å². The lowest BCUT2D eigenvalue weighted by molar-refractivity contribution is -0.123. The number of carbonyl (C=O) groups excluding carboxylic acids is 2. The third-order valence-electron chi connectivity index (χ3n) is 6.13. The van der Waals surface area contributed by atoms with E-state index in [1.807, 2.05) is 37.3 Å². The molecule has 2 heterocycles. The van der Waals surface area contributed by atoms with Gasteiger partial charge in [-0.3, -0.25) is 9.69 Å². The fraction of sp³-hybridized carbons (Fsp3) is 0.308. The number of carbonyl (C=O) groups is 2. The molecule has 0 saturated carbocycles. The van der Waals surface area contributed by atoms with E-state index in [0.29, 0.717) is 5.70 Å². The highest BCUT2D eigenvalue weighted by Crippen LogP contribution is 2.40. The second-order valence-electron chi connectivity index (χ2n) is 8.82. The third kappa shape index (κ3) is 3.76. The van der Waals surface area contributed by atoms with Gasteiger partial charge in [0.15, 0.2) is 0 Å². The molecule has 1 N–H and O–H groups in total. The molecule has 5 heteroatoms. The van der Waals surface area contributed by atoms with Crippen molar-refractivity contribution in [2.75, 3.05) is 11.4 Å². The summed E-state index contributed by atoms with van der Waals surface area (Å²) in [6.07, 6.45) is 4.08. The number of aryl methyl sites for hydroxylation is 1. The number of nitrogens with one attached hydrogen (secondary N) is 1. The molecule has 2 aliphatic heterocycles. The van der Waals surface area contributed by atoms with Gasteiger partial charge >= 0.3 is 6.03 Å². The average molecular weight is 416 g/mol. The Kier molecular flexibility index (Phi) is 5.21. The van der Waals surface area contributed by atoms with Gasteiger partial charge in [-0.25, -0.2) is 4.79 Å². The average Bonchev–Trinajstić information content (AvgIpc) is 2.97. The molecule has 160 valence electrons. The Labute approximate surface area is 184 Å². The van der Waals surface area contributed by atoms with Crippen LogP contribution in [-0.4, -0.2) is 28.9 Å². The third-order valence-corrected chi connectivity index (χ3v) is 6.13. The minimum absolute atomic E-state index is 0.0500. The van der Waals surface area contributed by atoms with E-state index in [9.17, 15) is 9.59 Å². The van der Waals surface area contributed by atoms with Gasteiger partial charge in [-0.05, 0) is 75.1 Å². The minimum atomic E-state index is -0.384. The molecule has 0 aliphatic carbocycles. The van der Waals surface area contributed by atoms with E-state index in [0.717, 1.165) is 28.8 Å². The predicted molar refractivity (Wildman–Crippen MR) is 125 cm³/mol. The van der Waals surface area contributed by atoms with Crippen molar-refractivity contribution in [2.24, 2.45) is 0 Å². The van der Waals surface area contributed by atoms with Crippen molar-refractivity contribution in [3.63, 3.8) is 0 Å². The van der Waals surface area contributed by atoms with Crippen molar-refractivity contribution in [3.05, 3.63) is 76.5 Å². The minimum Gasteiger partial charge on any atom is -0.363 e. The van der Waals surface area contributed by atoms with E-state index in [1.54, 1.807) is 6.08 Å². The molecule has 2 aromatic rings. The predicted octanol–water partition coefficient (Wildman–Crippen LogP) is 5.11. The summed E-state index contributed by atoms with van der Waals surface area (Å²) in [6, 6.07) is 13.5. The molecule has 0 radical (unpaired) electrons. The summed E-state index contributed by atoms with van der Waals surface area (Å²) in [5, 5.41) is 2.75. The van der Waals surface area contributed by atoms with Crippen molar-refractivity contribution in [1.82, 2.24) is 10.2 Å². The number of fused-ring (bicyclic) bond motifs is 1. The highest BCUT2D eigenvalue weighted by molar-refractivity contribution is 6.14. The largest absolute Gasteiger partial charge is 0.363 e. The summed E-state index contributed by atoms with van der Waals surface area (Å²) in [5.41, 5.74) is 6.78. The highest BCUT2D eigenvalue weighted by Gasteiger charge is 2.34. The first-order valence-corrected chi connectivity index (χ1v) is 10.7. The number of hydrogen-bond donors (Lipinski definition) is 1. The first-order valence-electron chi connectivity index (χ1n) is 10.7. The van der Waals surface area contributed by atoms with Gasteiger partial charge < -0.3 is 10.2 Å². The van der Waals surface area contributed by atoms with Crippen molar-refractivity contribution < 1.29 is 9.59 Å². The van der Waals surface area contributed by atoms with Gasteiger partial charge in [0.2, 0.25) is 0 Å². The Bertz CT molecular complexity index is 1110. The topological polar surface area (TPSA) is 52.7 Å². The number of benzene rings is 2. The molecule has 0 unspecified atom stereocenters. The van der Waals surface area contributed by atoms with Crippen LogP contribution < -0.4 is 10.2 Å². The molecule has 2 aliphatic rings. The summed E-state index contributed by atoms with van der Waals surface area (Å²) in [7, 11) is 0. The second-order valence-corrected chi connectivity index (χ2v) is 8.82. The van der Waals surface area contributed by atoms with E-state index >= 15 is 0 Å². The van der Waals surface area contributed by atoms with Crippen LogP contribution in [0, 0.1) is 6.92 Å². The van der Waals surface area contributed by atoms with Crippen LogP contribution in [0.5, 0.6) is 0 Å². The summed E-state index contributed by atoms with van der Waals surface area (Å²) < 4.78 is 0. The Balaban J connectivity index is 1.68. The van der Waals surface area contributed by atoms with Crippen LogP contribution in [0.3, 0.4) is 0 Å². The van der Waals surface area contributed by atoms with Crippen LogP contribution in [0.2, 0.25) is 0 Å². The molecular weight excluding hydrogens is 386 g/mol. The lowest BCUT2D eigenvalue weighted by atomic mass is 9.87. The zero-order chi connectivity index (χ0) is 22.3. The normalized spacial score (nSPS) is 18.9. The number of imide groups is 1. The maximum Gasteiger partial charge on any atom is 0.329 e. The van der Waals surface area contributed by atoms with Crippen LogP contribution in [0.25, 0.3) is 11.6 Å². The second kappa shape index (κ2) is 7.73. The Morgan fingerprint density at radius 2 is 1.77 bits per heavy atom. The molecule has 3 amide bonds. The fourth-order valence-electron chi connectivity index (χ4n) is 4.61. The van der Waals surface area contributed by atoms with Gasteiger partial charge in [0.25, 0.3) is 5.91 Å². The van der Waals surface area contributed by atoms with Crippen molar-refractivity contribution in [2.45, 2.75) is 46.7 Å². The number of anilines is 1. The Morgan fingerprint density at radius 3 is 2.45 bits per heavy atom. The molecule has 0 bridgehead atoms. The van der Waals surface area contributed by atoms with E-state index in [-0.39, 0.29) is 24.0 Å². The van der Waals surface area contributed by atoms with Crippen LogP contribution in [0.4, 0.5) is 10.5 Å². The number of rotatable bonds is 4. The lowest BCUT2D eigenvalue weighted by Gasteiger charge is -2.43. The number of urea groups is 1. The molecule has 5 nitrogen and oxygen atoms in total. The standard InChI is InChI=1S/C26H29N3O2/c1-6-29-23-12-17(2)20(13-21(23)18(3)15-26(29,4)5)14-22-24(30)28(25(31)27-22)16-19-10-8-7-9-11-19/h7-15H,6,16H2,1-5H3,(H,27,31)/b22-14+. The summed E-state index contributed by atoms with van der Waals surface area (Å²) in [4.78, 5) is 29.0. The number of hydrogen-bond acceptors (Lipinski definition) is 3. The van der Waals surface area contributed by atoms with Crippen LogP contribution in [0.15, 0.2) is 54.2 Å². The Hall–Kier alpha value is -3.34. The highest BCUT2D eigenvalue weighted by atomic mass is 16.2. The molecule has 31 heavy (non-hydrogen) atoms. The van der Waals surface area contributed by atoms with E-state index in [2.05, 4.69) is 56.1 Å². The van der Waals surface area contributed by atoms with Gasteiger partial charge in [-0.2, -0.15) is 0 Å². The van der Waals surface area contributed by atoms with Gasteiger partial charge in [0.1, 0.15) is 5.70 Å². The zero-order valence-corrected chi connectivity index (χ0v) is 18.8. The summed E-state index contributed by atoms with van der Waals surface area (Å²) >= 11 is 0. The quantitative estimate of drug-likeness (QED) is 0.558. The molecule has 4 rings (SSSR count). The van der Waals surface area contributed by atoms with Gasteiger partial charge in [-0.1, -0.05) is 36.4 Å². The lowest BCUT2D eigenvalue weighted by Crippen LogP contribution is -2.44. The number of allylic oxidation sites excluding steroid dienone is 1. The van der Waals surface area contributed by atoms with Gasteiger partial charge in [-0.15, -0.1) is 0 Å². The number of nitrogens with zero attached hydrogens (tertiary/aromatic N) is 2.